The Morgan fingerprint density at radius 3 is 1.12 bits per heavy atom. The van der Waals surface area contributed by atoms with Crippen LogP contribution < -0.4 is 0 Å². The molecule has 82 valence electrons. The zero-order valence-electron chi connectivity index (χ0n) is 7.63. The molecule has 0 aliphatic carbocycles. The number of hydrogen-bond acceptors (Lipinski definition) is 1. The van der Waals surface area contributed by atoms with Gasteiger partial charge in [-0.05, 0) is 6.07 Å². The summed E-state index contributed by atoms with van der Waals surface area (Å²) in [5.74, 6) is 0. The summed E-state index contributed by atoms with van der Waals surface area (Å²) in [6, 6.07) is 1.83. The fourth-order valence-corrected chi connectivity index (χ4v) is 0.215. The quantitative estimate of drug-likeness (QED) is 0.519. The molecule has 0 saturated heterocycles. The van der Waals surface area contributed by atoms with Crippen LogP contribution in [-0.2, 0) is 40.6 Å². The minimum Gasteiger partial charge on any atom is -0.286 e. The number of H-pyrrole nitrogens is 1. The Hall–Kier alpha value is -1.56. The zero-order chi connectivity index (χ0) is 13.5. The molecule has 8 heteroatoms. The molecule has 0 amide bonds. The van der Waals surface area contributed by atoms with Gasteiger partial charge in [0.1, 0.15) is 0 Å². The van der Waals surface area contributed by atoms with E-state index in [0.29, 0.717) is 0 Å². The number of aromatic amines is 1. The van der Waals surface area contributed by atoms with Crippen LogP contribution in [0.2, 0.25) is 0 Å². The summed E-state index contributed by atoms with van der Waals surface area (Å²) in [5.41, 5.74) is 0. The molecule has 0 aromatic carbocycles. The van der Waals surface area contributed by atoms with E-state index in [9.17, 15) is 0 Å². The summed E-state index contributed by atoms with van der Waals surface area (Å²) < 4.78 is 37.5. The Morgan fingerprint density at radius 2 is 1.06 bits per heavy atom. The summed E-state index contributed by atoms with van der Waals surface area (Å²) in [7, 11) is 0. The topological polar surface area (TPSA) is 128 Å². The van der Waals surface area contributed by atoms with Gasteiger partial charge in [-0.3, -0.25) is 5.10 Å². The average molecular weight is 260 g/mol. The van der Waals surface area contributed by atoms with Gasteiger partial charge in [-0.1, -0.05) is 0 Å². The first-order valence-electron chi connectivity index (χ1n) is 2.46. The van der Waals surface area contributed by atoms with Crippen LogP contribution in [0.25, 0.3) is 0 Å². The second-order valence-electron chi connectivity index (χ2n) is 0.766. The maximum Gasteiger partial charge on any atom is 0.0487 e. The fraction of sp³-hybridized carbons (Fsp3) is 0. The minimum absolute atomic E-state index is 0. The van der Waals surface area contributed by atoms with E-state index in [-0.39, 0.29) is 17.4 Å². The second-order valence-corrected chi connectivity index (χ2v) is 0.766. The van der Waals surface area contributed by atoms with E-state index >= 15 is 0 Å². The molecule has 1 rings (SSSR count). The van der Waals surface area contributed by atoms with Gasteiger partial charge in [-0.2, -0.15) is 5.10 Å². The SMILES string of the molecule is [C-]#[O+].[C-]#[O+].[C-]#[O+].[C-]#[O+].[C-]#[O+].[Cr].c1cn[nH]c1. The zero-order valence-corrected chi connectivity index (χ0v) is 8.90. The molecule has 0 atom stereocenters. The van der Waals surface area contributed by atoms with Crippen LogP contribution in [-0.4, -0.2) is 10.2 Å². The molecule has 0 fully saturated rings. The normalized spacial score (nSPS) is 3.12. The van der Waals surface area contributed by atoms with Crippen LogP contribution in [0, 0.1) is 33.3 Å². The summed E-state index contributed by atoms with van der Waals surface area (Å²) in [5, 5.41) is 6.21. The van der Waals surface area contributed by atoms with Crippen molar-refractivity contribution >= 4 is 0 Å². The van der Waals surface area contributed by atoms with Crippen molar-refractivity contribution in [2.75, 3.05) is 0 Å². The molecule has 16 heavy (non-hydrogen) atoms. The maximum atomic E-state index is 7.50. The van der Waals surface area contributed by atoms with E-state index in [1.807, 2.05) is 6.07 Å². The molecule has 1 aromatic rings. The van der Waals surface area contributed by atoms with Crippen molar-refractivity contribution in [3.63, 3.8) is 0 Å². The Kier molecular flexibility index (Phi) is 402. The van der Waals surface area contributed by atoms with Crippen LogP contribution >= 0.6 is 0 Å². The van der Waals surface area contributed by atoms with E-state index in [2.05, 4.69) is 43.4 Å². The summed E-state index contributed by atoms with van der Waals surface area (Å²) in [6.45, 7) is 22.5. The van der Waals surface area contributed by atoms with E-state index in [1.165, 1.54) is 0 Å². The molecular formula is C8H4CrN2O5. The number of nitrogens with one attached hydrogen (secondary N) is 1. The Balaban J connectivity index is -0.0000000203. The molecule has 0 unspecified atom stereocenters. The van der Waals surface area contributed by atoms with E-state index in [0.717, 1.165) is 0 Å². The first-order valence-corrected chi connectivity index (χ1v) is 2.46. The molecule has 1 N–H and O–H groups in total. The monoisotopic (exact) mass is 260 g/mol. The van der Waals surface area contributed by atoms with E-state index in [4.69, 9.17) is 23.3 Å². The van der Waals surface area contributed by atoms with Crippen LogP contribution in [0.4, 0.5) is 0 Å². The number of nitrogens with zero attached hydrogens (tertiary/aromatic N) is 1. The van der Waals surface area contributed by atoms with Gasteiger partial charge in [0.25, 0.3) is 0 Å². The van der Waals surface area contributed by atoms with Crippen molar-refractivity contribution in [3.05, 3.63) is 51.7 Å². The van der Waals surface area contributed by atoms with Gasteiger partial charge in [-0.25, -0.2) is 0 Å². The summed E-state index contributed by atoms with van der Waals surface area (Å²) in [4.78, 5) is 0. The van der Waals surface area contributed by atoms with Crippen LogP contribution in [0.15, 0.2) is 18.5 Å². The van der Waals surface area contributed by atoms with Crippen molar-refractivity contribution in [2.24, 2.45) is 0 Å². The van der Waals surface area contributed by atoms with Gasteiger partial charge >= 0.3 is 56.5 Å². The van der Waals surface area contributed by atoms with Crippen molar-refractivity contribution in [1.82, 2.24) is 10.2 Å². The first-order chi connectivity index (χ1) is 7.50. The Labute approximate surface area is 103 Å². The predicted octanol–water partition coefficient (Wildman–Crippen LogP) is 0.220. The van der Waals surface area contributed by atoms with Gasteiger partial charge in [-0.15, -0.1) is 0 Å². The molecule has 0 saturated carbocycles. The maximum absolute atomic E-state index is 7.50. The molecular weight excluding hydrogens is 256 g/mol. The van der Waals surface area contributed by atoms with Gasteiger partial charge in [0.05, 0.1) is 0 Å². The number of hydrogen-bond donors (Lipinski definition) is 1. The summed E-state index contributed by atoms with van der Waals surface area (Å²) in [6.07, 6.45) is 3.46. The molecule has 0 aliphatic rings. The largest absolute Gasteiger partial charge is 0.286 e. The van der Waals surface area contributed by atoms with Crippen LogP contribution in [0.3, 0.4) is 0 Å². The van der Waals surface area contributed by atoms with Gasteiger partial charge in [0.15, 0.2) is 0 Å². The number of aromatic nitrogens is 2. The third kappa shape index (κ3) is 137. The fourth-order valence-electron chi connectivity index (χ4n) is 0.215. The second kappa shape index (κ2) is 176. The van der Waals surface area contributed by atoms with Crippen molar-refractivity contribution in [2.45, 2.75) is 0 Å². The van der Waals surface area contributed by atoms with Gasteiger partial charge < -0.3 is 0 Å². The molecule has 0 spiro atoms. The molecule has 0 bridgehead atoms. The average Bonchev–Trinajstić information content (AvgIpc) is 3.00. The molecule has 0 radical (unpaired) electrons. The molecule has 7 nitrogen and oxygen atoms in total. The van der Waals surface area contributed by atoms with Crippen LogP contribution in [0.5, 0.6) is 0 Å². The van der Waals surface area contributed by atoms with E-state index in [1.54, 1.807) is 12.4 Å². The van der Waals surface area contributed by atoms with Crippen molar-refractivity contribution in [3.8, 4) is 0 Å². The molecule has 1 aromatic heterocycles. The van der Waals surface area contributed by atoms with Crippen molar-refractivity contribution < 1.29 is 40.6 Å². The smallest absolute Gasteiger partial charge is 0.0487 e. The predicted molar refractivity (Wildman–Crippen MR) is 38.2 cm³/mol. The minimum atomic E-state index is 0. The Morgan fingerprint density at radius 1 is 0.750 bits per heavy atom. The van der Waals surface area contributed by atoms with Crippen molar-refractivity contribution in [1.29, 1.82) is 0 Å². The summed E-state index contributed by atoms with van der Waals surface area (Å²) >= 11 is 0. The van der Waals surface area contributed by atoms with Gasteiger partial charge in [0.2, 0.25) is 0 Å². The third-order valence-electron chi connectivity index (χ3n) is 0.406. The van der Waals surface area contributed by atoms with Crippen LogP contribution in [0.1, 0.15) is 0 Å². The third-order valence-corrected chi connectivity index (χ3v) is 0.406. The van der Waals surface area contributed by atoms with E-state index < -0.39 is 0 Å². The molecule has 0 aliphatic heterocycles. The number of rotatable bonds is 0. The molecule has 1 heterocycles. The Bertz CT molecular complexity index is 198. The van der Waals surface area contributed by atoms with Gasteiger partial charge in [0, 0.05) is 29.8 Å². The first kappa shape index (κ1) is 36.6. The standard InChI is InChI=1S/C3H4N2.5CO.Cr/c1-2-4-5-3-1;5*1-2;/h1-3H,(H,4,5);;;;;;.